The minimum atomic E-state index is -0.701. The van der Waals surface area contributed by atoms with E-state index in [0.717, 1.165) is 0 Å². The summed E-state index contributed by atoms with van der Waals surface area (Å²) in [6.07, 6.45) is 2.74. The Kier molecular flexibility index (Phi) is 2.12. The third-order valence-corrected chi connectivity index (χ3v) is 2.32. The van der Waals surface area contributed by atoms with Crippen molar-refractivity contribution >= 4 is 11.5 Å². The summed E-state index contributed by atoms with van der Waals surface area (Å²) in [7, 11) is 1.87. The van der Waals surface area contributed by atoms with Crippen LogP contribution in [0.1, 0.15) is 17.5 Å². The van der Waals surface area contributed by atoms with E-state index >= 15 is 0 Å². The molecular formula is C8H9N3OS. The minimum Gasteiger partial charge on any atom is -0.380 e. The first kappa shape index (κ1) is 8.40. The molecule has 0 amide bonds. The molecule has 2 aromatic heterocycles. The molecule has 0 fully saturated rings. The molecule has 68 valence electrons. The Bertz CT molecular complexity index is 382. The first-order valence-electron chi connectivity index (χ1n) is 3.83. The van der Waals surface area contributed by atoms with Gasteiger partial charge in [0.2, 0.25) is 0 Å². The Balaban J connectivity index is 2.28. The van der Waals surface area contributed by atoms with E-state index in [9.17, 15) is 5.11 Å². The molecule has 2 rings (SSSR count). The SMILES string of the molecule is Cn1cnc(C(O)c2ccsn2)c1. The first-order valence-corrected chi connectivity index (χ1v) is 4.67. The highest BCUT2D eigenvalue weighted by molar-refractivity contribution is 7.03. The monoisotopic (exact) mass is 195 g/mol. The zero-order chi connectivity index (χ0) is 9.26. The smallest absolute Gasteiger partial charge is 0.140 e. The van der Waals surface area contributed by atoms with Crippen LogP contribution in [0.3, 0.4) is 0 Å². The van der Waals surface area contributed by atoms with Crippen LogP contribution in [0, 0.1) is 0 Å². The lowest BCUT2D eigenvalue weighted by molar-refractivity contribution is 0.212. The Labute approximate surface area is 79.7 Å². The molecule has 0 radical (unpaired) electrons. The van der Waals surface area contributed by atoms with Gasteiger partial charge >= 0.3 is 0 Å². The fourth-order valence-electron chi connectivity index (χ4n) is 1.09. The molecule has 4 nitrogen and oxygen atoms in total. The van der Waals surface area contributed by atoms with Crippen LogP contribution < -0.4 is 0 Å². The average Bonchev–Trinajstić information content (AvgIpc) is 2.72. The normalized spacial score (nSPS) is 13.1. The molecule has 0 aliphatic rings. The van der Waals surface area contributed by atoms with Crippen molar-refractivity contribution in [3.63, 3.8) is 0 Å². The Morgan fingerprint density at radius 2 is 2.38 bits per heavy atom. The molecule has 1 unspecified atom stereocenters. The fourth-order valence-corrected chi connectivity index (χ4v) is 1.63. The maximum Gasteiger partial charge on any atom is 0.140 e. The zero-order valence-corrected chi connectivity index (χ0v) is 7.90. The van der Waals surface area contributed by atoms with E-state index in [1.807, 2.05) is 12.4 Å². The second kappa shape index (κ2) is 3.27. The molecule has 0 aromatic carbocycles. The number of aryl methyl sites for hydroxylation is 1. The lowest BCUT2D eigenvalue weighted by Crippen LogP contribution is -1.99. The summed E-state index contributed by atoms with van der Waals surface area (Å²) < 4.78 is 5.84. The standard InChI is InChI=1S/C8H9N3OS/c1-11-4-7(9-5-11)8(12)6-2-3-13-10-6/h2-5,8,12H,1H3. The third-order valence-electron chi connectivity index (χ3n) is 1.74. The van der Waals surface area contributed by atoms with Crippen LogP contribution in [-0.2, 0) is 7.05 Å². The van der Waals surface area contributed by atoms with Crippen LogP contribution in [0.15, 0.2) is 24.0 Å². The summed E-state index contributed by atoms with van der Waals surface area (Å²) >= 11 is 1.32. The molecule has 5 heteroatoms. The van der Waals surface area contributed by atoms with Gasteiger partial charge in [-0.1, -0.05) is 0 Å². The van der Waals surface area contributed by atoms with Crippen molar-refractivity contribution in [2.75, 3.05) is 0 Å². The number of imidazole rings is 1. The first-order chi connectivity index (χ1) is 6.27. The fraction of sp³-hybridized carbons (Fsp3) is 0.250. The molecule has 2 aromatic rings. The molecule has 1 atom stereocenters. The summed E-state index contributed by atoms with van der Waals surface area (Å²) in [6.45, 7) is 0. The van der Waals surface area contributed by atoms with E-state index in [-0.39, 0.29) is 0 Å². The van der Waals surface area contributed by atoms with Gasteiger partial charge in [-0.25, -0.2) is 4.98 Å². The van der Waals surface area contributed by atoms with E-state index in [1.165, 1.54) is 11.5 Å². The molecule has 0 aliphatic heterocycles. The van der Waals surface area contributed by atoms with Crippen molar-refractivity contribution in [3.05, 3.63) is 35.4 Å². The van der Waals surface area contributed by atoms with Crippen LogP contribution in [0.2, 0.25) is 0 Å². The van der Waals surface area contributed by atoms with Gasteiger partial charge in [0.05, 0.1) is 17.7 Å². The number of nitrogens with zero attached hydrogens (tertiary/aromatic N) is 3. The minimum absolute atomic E-state index is 0.633. The van der Waals surface area contributed by atoms with Gasteiger partial charge in [0.15, 0.2) is 0 Å². The van der Waals surface area contributed by atoms with Gasteiger partial charge in [0.25, 0.3) is 0 Å². The zero-order valence-electron chi connectivity index (χ0n) is 7.08. The van der Waals surface area contributed by atoms with E-state index in [4.69, 9.17) is 0 Å². The van der Waals surface area contributed by atoms with Crippen molar-refractivity contribution in [3.8, 4) is 0 Å². The summed E-state index contributed by atoms with van der Waals surface area (Å²) in [4.78, 5) is 4.05. The van der Waals surface area contributed by atoms with Crippen molar-refractivity contribution < 1.29 is 5.11 Å². The lowest BCUT2D eigenvalue weighted by Gasteiger charge is -2.02. The maximum absolute atomic E-state index is 9.76. The van der Waals surface area contributed by atoms with Crippen LogP contribution >= 0.6 is 11.5 Å². The molecule has 0 saturated carbocycles. The van der Waals surface area contributed by atoms with E-state index in [2.05, 4.69) is 9.36 Å². The molecule has 1 N–H and O–H groups in total. The van der Waals surface area contributed by atoms with Gasteiger partial charge in [-0.3, -0.25) is 0 Å². The highest BCUT2D eigenvalue weighted by atomic mass is 32.1. The van der Waals surface area contributed by atoms with E-state index in [0.29, 0.717) is 11.4 Å². The maximum atomic E-state index is 9.76. The molecule has 0 bridgehead atoms. The second-order valence-electron chi connectivity index (χ2n) is 2.79. The Hall–Kier alpha value is -1.20. The quantitative estimate of drug-likeness (QED) is 0.776. The Morgan fingerprint density at radius 3 is 2.92 bits per heavy atom. The number of hydrogen-bond acceptors (Lipinski definition) is 4. The molecule has 2 heterocycles. The largest absolute Gasteiger partial charge is 0.380 e. The predicted molar refractivity (Wildman–Crippen MR) is 49.4 cm³/mol. The summed E-state index contributed by atoms with van der Waals surface area (Å²) in [5.74, 6) is 0. The Morgan fingerprint density at radius 1 is 1.54 bits per heavy atom. The van der Waals surface area contributed by atoms with Crippen molar-refractivity contribution in [1.82, 2.24) is 13.9 Å². The van der Waals surface area contributed by atoms with Crippen molar-refractivity contribution in [2.45, 2.75) is 6.10 Å². The summed E-state index contributed by atoms with van der Waals surface area (Å²) in [5.41, 5.74) is 1.29. The van der Waals surface area contributed by atoms with Crippen molar-refractivity contribution in [1.29, 1.82) is 0 Å². The van der Waals surface area contributed by atoms with Gasteiger partial charge in [-0.15, -0.1) is 0 Å². The molecule has 0 spiro atoms. The third kappa shape index (κ3) is 1.61. The molecule has 13 heavy (non-hydrogen) atoms. The molecule has 0 aliphatic carbocycles. The van der Waals surface area contributed by atoms with Crippen LogP contribution in [-0.4, -0.2) is 19.0 Å². The topological polar surface area (TPSA) is 50.9 Å². The second-order valence-corrected chi connectivity index (χ2v) is 3.46. The lowest BCUT2D eigenvalue weighted by atomic mass is 10.2. The van der Waals surface area contributed by atoms with E-state index < -0.39 is 6.10 Å². The van der Waals surface area contributed by atoms with Gasteiger partial charge in [0, 0.05) is 18.6 Å². The van der Waals surface area contributed by atoms with E-state index in [1.54, 1.807) is 23.2 Å². The highest BCUT2D eigenvalue weighted by Gasteiger charge is 2.14. The number of aliphatic hydroxyl groups excluding tert-OH is 1. The molecule has 0 saturated heterocycles. The number of rotatable bonds is 2. The average molecular weight is 195 g/mol. The van der Waals surface area contributed by atoms with Crippen LogP contribution in [0.25, 0.3) is 0 Å². The van der Waals surface area contributed by atoms with Crippen molar-refractivity contribution in [2.24, 2.45) is 7.05 Å². The van der Waals surface area contributed by atoms with Gasteiger partial charge in [-0.2, -0.15) is 4.37 Å². The number of aromatic nitrogens is 3. The van der Waals surface area contributed by atoms with Gasteiger partial charge in [-0.05, 0) is 17.6 Å². The number of hydrogen-bond donors (Lipinski definition) is 1. The number of aliphatic hydroxyl groups is 1. The van der Waals surface area contributed by atoms with Gasteiger partial charge < -0.3 is 9.67 Å². The van der Waals surface area contributed by atoms with Gasteiger partial charge in [0.1, 0.15) is 6.10 Å². The summed E-state index contributed by atoms with van der Waals surface area (Å²) in [6, 6.07) is 1.80. The predicted octanol–water partition coefficient (Wildman–Crippen LogP) is 0.958. The van der Waals surface area contributed by atoms with Crippen LogP contribution in [0.4, 0.5) is 0 Å². The van der Waals surface area contributed by atoms with Crippen LogP contribution in [0.5, 0.6) is 0 Å². The highest BCUT2D eigenvalue weighted by Crippen LogP contribution is 2.18. The summed E-state index contributed by atoms with van der Waals surface area (Å²) in [5, 5.41) is 11.6. The molecular weight excluding hydrogens is 186 g/mol.